The summed E-state index contributed by atoms with van der Waals surface area (Å²) in [6.07, 6.45) is 7.88. The molecule has 0 radical (unpaired) electrons. The molecule has 0 aromatic carbocycles. The molecule has 4 heteroatoms. The molecule has 3 aliphatic rings. The number of nitrogens with one attached hydrogen (secondary N) is 1. The van der Waals surface area contributed by atoms with E-state index in [4.69, 9.17) is 0 Å². The molecule has 19 heavy (non-hydrogen) atoms. The fraction of sp³-hybridized carbons (Fsp3) is 0.867. The number of likely N-dealkylation sites (tertiary alicyclic amines) is 1. The first-order valence-corrected chi connectivity index (χ1v) is 7.78. The van der Waals surface area contributed by atoms with Gasteiger partial charge in [-0.25, -0.2) is 0 Å². The van der Waals surface area contributed by atoms with E-state index >= 15 is 0 Å². The lowest BCUT2D eigenvalue weighted by Crippen LogP contribution is -2.56. The molecule has 0 bridgehead atoms. The second kappa shape index (κ2) is 5.14. The standard InChI is InChI=1S/C15H24N2O2/c1-10-8-9-17(13-5-3-2-4-12(10)13)15(19)14(18)16-11-6-7-11/h10-13H,2-9H2,1H3,(H,16,18)/t10-,12+,13+/m1/s1. The fourth-order valence-electron chi connectivity index (χ4n) is 3.77. The summed E-state index contributed by atoms with van der Waals surface area (Å²) in [6.45, 7) is 3.06. The highest BCUT2D eigenvalue weighted by atomic mass is 16.2. The molecule has 3 rings (SSSR count). The molecule has 106 valence electrons. The van der Waals surface area contributed by atoms with Crippen molar-refractivity contribution in [3.8, 4) is 0 Å². The highest BCUT2D eigenvalue weighted by Gasteiger charge is 2.41. The summed E-state index contributed by atoms with van der Waals surface area (Å²) in [5, 5.41) is 2.83. The smallest absolute Gasteiger partial charge is 0.312 e. The molecule has 1 aliphatic heterocycles. The molecule has 2 amide bonds. The van der Waals surface area contributed by atoms with Crippen LogP contribution in [0, 0.1) is 11.8 Å². The Morgan fingerprint density at radius 3 is 2.53 bits per heavy atom. The molecule has 0 aromatic heterocycles. The van der Waals surface area contributed by atoms with Crippen molar-refractivity contribution in [2.75, 3.05) is 6.54 Å². The number of rotatable bonds is 1. The predicted molar refractivity (Wildman–Crippen MR) is 72.4 cm³/mol. The largest absolute Gasteiger partial charge is 0.345 e. The van der Waals surface area contributed by atoms with Gasteiger partial charge in [0.15, 0.2) is 0 Å². The summed E-state index contributed by atoms with van der Waals surface area (Å²) < 4.78 is 0. The lowest BCUT2D eigenvalue weighted by atomic mass is 9.72. The molecule has 1 saturated heterocycles. The zero-order valence-corrected chi connectivity index (χ0v) is 11.7. The Morgan fingerprint density at radius 2 is 1.79 bits per heavy atom. The Balaban J connectivity index is 1.68. The van der Waals surface area contributed by atoms with Crippen LogP contribution in [0.4, 0.5) is 0 Å². The highest BCUT2D eigenvalue weighted by Crippen LogP contribution is 2.38. The highest BCUT2D eigenvalue weighted by molar-refractivity contribution is 6.35. The van der Waals surface area contributed by atoms with E-state index in [2.05, 4.69) is 12.2 Å². The number of fused-ring (bicyclic) bond motifs is 1. The van der Waals surface area contributed by atoms with Gasteiger partial charge >= 0.3 is 11.8 Å². The van der Waals surface area contributed by atoms with Crippen LogP contribution in [0.25, 0.3) is 0 Å². The average molecular weight is 264 g/mol. The maximum absolute atomic E-state index is 12.3. The topological polar surface area (TPSA) is 49.4 Å². The number of piperidine rings is 1. The van der Waals surface area contributed by atoms with Gasteiger partial charge in [0.1, 0.15) is 0 Å². The van der Waals surface area contributed by atoms with Gasteiger partial charge in [-0.3, -0.25) is 9.59 Å². The van der Waals surface area contributed by atoms with E-state index in [0.29, 0.717) is 17.9 Å². The summed E-state index contributed by atoms with van der Waals surface area (Å²) in [4.78, 5) is 26.2. The molecule has 1 heterocycles. The molecule has 0 unspecified atom stereocenters. The molecule has 3 atom stereocenters. The van der Waals surface area contributed by atoms with Crippen molar-refractivity contribution in [3.05, 3.63) is 0 Å². The van der Waals surface area contributed by atoms with Gasteiger partial charge in [0, 0.05) is 18.6 Å². The van der Waals surface area contributed by atoms with Crippen molar-refractivity contribution in [3.63, 3.8) is 0 Å². The molecular formula is C15H24N2O2. The average Bonchev–Trinajstić information content (AvgIpc) is 3.23. The van der Waals surface area contributed by atoms with Gasteiger partial charge in [-0.05, 0) is 43.9 Å². The summed E-state index contributed by atoms with van der Waals surface area (Å²) in [5.41, 5.74) is 0. The normalized spacial score (nSPS) is 34.6. The number of nitrogens with zero attached hydrogens (tertiary/aromatic N) is 1. The van der Waals surface area contributed by atoms with Crippen LogP contribution in [0.5, 0.6) is 0 Å². The van der Waals surface area contributed by atoms with Crippen LogP contribution in [-0.4, -0.2) is 35.3 Å². The third-order valence-electron chi connectivity index (χ3n) is 5.11. The minimum Gasteiger partial charge on any atom is -0.345 e. The first-order chi connectivity index (χ1) is 9.16. The van der Waals surface area contributed by atoms with E-state index in [0.717, 1.165) is 32.2 Å². The monoisotopic (exact) mass is 264 g/mol. The van der Waals surface area contributed by atoms with Crippen LogP contribution in [0.1, 0.15) is 51.9 Å². The molecule has 2 saturated carbocycles. The number of hydrogen-bond acceptors (Lipinski definition) is 2. The van der Waals surface area contributed by atoms with E-state index in [9.17, 15) is 9.59 Å². The number of amides is 2. The lowest BCUT2D eigenvalue weighted by molar-refractivity contribution is -0.151. The minimum absolute atomic E-state index is 0.266. The number of carbonyl (C=O) groups excluding carboxylic acids is 2. The molecular weight excluding hydrogens is 240 g/mol. The quantitative estimate of drug-likeness (QED) is 0.733. The van der Waals surface area contributed by atoms with E-state index in [1.165, 1.54) is 19.3 Å². The minimum atomic E-state index is -0.374. The Hall–Kier alpha value is -1.06. The molecule has 4 nitrogen and oxygen atoms in total. The van der Waals surface area contributed by atoms with Crippen molar-refractivity contribution >= 4 is 11.8 Å². The second-order valence-electron chi connectivity index (χ2n) is 6.53. The molecule has 2 aliphatic carbocycles. The summed E-state index contributed by atoms with van der Waals surface area (Å²) >= 11 is 0. The van der Waals surface area contributed by atoms with Gasteiger partial charge in [0.05, 0.1) is 0 Å². The molecule has 0 spiro atoms. The zero-order chi connectivity index (χ0) is 13.4. The van der Waals surface area contributed by atoms with E-state index < -0.39 is 0 Å². The Morgan fingerprint density at radius 1 is 1.05 bits per heavy atom. The van der Waals surface area contributed by atoms with Crippen LogP contribution >= 0.6 is 0 Å². The van der Waals surface area contributed by atoms with Crippen LogP contribution in [0.3, 0.4) is 0 Å². The van der Waals surface area contributed by atoms with Crippen LogP contribution in [0.15, 0.2) is 0 Å². The van der Waals surface area contributed by atoms with Gasteiger partial charge in [0.25, 0.3) is 0 Å². The third-order valence-corrected chi connectivity index (χ3v) is 5.11. The SMILES string of the molecule is C[C@@H]1CCN(C(=O)C(=O)NC2CC2)[C@H]2CCCC[C@@H]12. The van der Waals surface area contributed by atoms with Gasteiger partial charge < -0.3 is 10.2 Å². The van der Waals surface area contributed by atoms with Crippen molar-refractivity contribution < 1.29 is 9.59 Å². The Kier molecular flexibility index (Phi) is 3.50. The molecule has 3 fully saturated rings. The number of carbonyl (C=O) groups is 2. The van der Waals surface area contributed by atoms with Crippen LogP contribution in [-0.2, 0) is 9.59 Å². The van der Waals surface area contributed by atoms with E-state index in [-0.39, 0.29) is 17.9 Å². The van der Waals surface area contributed by atoms with Crippen molar-refractivity contribution in [1.29, 1.82) is 0 Å². The zero-order valence-electron chi connectivity index (χ0n) is 11.7. The third kappa shape index (κ3) is 2.63. The van der Waals surface area contributed by atoms with Crippen LogP contribution < -0.4 is 5.32 Å². The Bertz CT molecular complexity index is 378. The maximum atomic E-state index is 12.3. The lowest BCUT2D eigenvalue weighted by Gasteiger charge is -2.47. The molecule has 0 aromatic rings. The predicted octanol–water partition coefficient (Wildman–Crippen LogP) is 1.69. The summed E-state index contributed by atoms with van der Waals surface area (Å²) in [6, 6.07) is 0.581. The van der Waals surface area contributed by atoms with Gasteiger partial charge in [0.2, 0.25) is 0 Å². The van der Waals surface area contributed by atoms with Gasteiger partial charge in [-0.1, -0.05) is 19.8 Å². The Labute approximate surface area is 114 Å². The van der Waals surface area contributed by atoms with Crippen molar-refractivity contribution in [2.24, 2.45) is 11.8 Å². The van der Waals surface area contributed by atoms with Gasteiger partial charge in [-0.2, -0.15) is 0 Å². The van der Waals surface area contributed by atoms with Crippen molar-refractivity contribution in [1.82, 2.24) is 10.2 Å². The summed E-state index contributed by atoms with van der Waals surface area (Å²) in [7, 11) is 0. The summed E-state index contributed by atoms with van der Waals surface area (Å²) in [5.74, 6) is 0.651. The van der Waals surface area contributed by atoms with Crippen molar-refractivity contribution in [2.45, 2.75) is 64.0 Å². The van der Waals surface area contributed by atoms with Crippen LogP contribution in [0.2, 0.25) is 0 Å². The first kappa shape index (κ1) is 12.9. The second-order valence-corrected chi connectivity index (χ2v) is 6.53. The molecule has 1 N–H and O–H groups in total. The number of hydrogen-bond donors (Lipinski definition) is 1. The maximum Gasteiger partial charge on any atom is 0.312 e. The van der Waals surface area contributed by atoms with E-state index in [1.807, 2.05) is 4.90 Å². The van der Waals surface area contributed by atoms with Gasteiger partial charge in [-0.15, -0.1) is 0 Å². The first-order valence-electron chi connectivity index (χ1n) is 7.78. The van der Waals surface area contributed by atoms with E-state index in [1.54, 1.807) is 0 Å². The fourth-order valence-corrected chi connectivity index (χ4v) is 3.77.